The van der Waals surface area contributed by atoms with E-state index < -0.39 is 17.9 Å². The first-order chi connectivity index (χ1) is 7.56. The molecule has 1 aromatic heterocycles. The van der Waals surface area contributed by atoms with Gasteiger partial charge >= 0.3 is 5.97 Å². The highest BCUT2D eigenvalue weighted by Gasteiger charge is 2.21. The molecular weight excluding hydrogens is 234 g/mol. The summed E-state index contributed by atoms with van der Waals surface area (Å²) in [6, 6.07) is 0.204. The van der Waals surface area contributed by atoms with E-state index in [4.69, 9.17) is 27.5 Å². The molecule has 0 spiro atoms. The minimum Gasteiger partial charge on any atom is -0.480 e. The minimum atomic E-state index is -1.20. The second-order valence-electron chi connectivity index (χ2n) is 2.88. The van der Waals surface area contributed by atoms with E-state index in [0.29, 0.717) is 0 Å². The van der Waals surface area contributed by atoms with Crippen molar-refractivity contribution in [1.82, 2.24) is 5.32 Å². The third-order valence-electron chi connectivity index (χ3n) is 1.79. The summed E-state index contributed by atoms with van der Waals surface area (Å²) < 4.78 is 4.70. The molecule has 16 heavy (non-hydrogen) atoms. The molecule has 0 radical (unpaired) electrons. The zero-order chi connectivity index (χ0) is 12.1. The lowest BCUT2D eigenvalue weighted by Crippen LogP contribution is -2.40. The number of halogens is 1. The number of carbonyl (C=O) groups excluding carboxylic acids is 1. The fraction of sp³-hybridized carbons (Fsp3) is 0.200. The molecule has 0 aromatic carbocycles. The first-order valence-corrected chi connectivity index (χ1v) is 4.64. The van der Waals surface area contributed by atoms with Crippen LogP contribution in [0.25, 0.3) is 0 Å². The van der Waals surface area contributed by atoms with E-state index in [0.717, 1.165) is 0 Å². The second kappa shape index (κ2) is 5.24. The van der Waals surface area contributed by atoms with E-state index in [9.17, 15) is 9.59 Å². The number of aliphatic carboxylic acids is 1. The summed E-state index contributed by atoms with van der Waals surface area (Å²) in [5.74, 6) is 0.322. The maximum atomic E-state index is 11.5. The minimum absolute atomic E-state index is 0.0740. The molecule has 2 N–H and O–H groups in total. The van der Waals surface area contributed by atoms with Gasteiger partial charge in [-0.2, -0.15) is 0 Å². The highest BCUT2D eigenvalue weighted by Crippen LogP contribution is 2.16. The predicted molar refractivity (Wildman–Crippen MR) is 56.1 cm³/mol. The summed E-state index contributed by atoms with van der Waals surface area (Å²) in [7, 11) is 0. The maximum absolute atomic E-state index is 11.5. The zero-order valence-electron chi connectivity index (χ0n) is 8.07. The van der Waals surface area contributed by atoms with Gasteiger partial charge in [0.05, 0.1) is 11.8 Å². The van der Waals surface area contributed by atoms with Crippen LogP contribution in [0.15, 0.2) is 16.7 Å². The lowest BCUT2D eigenvalue weighted by atomic mass is 10.2. The van der Waals surface area contributed by atoms with E-state index in [1.54, 1.807) is 0 Å². The number of amides is 1. The van der Waals surface area contributed by atoms with Crippen molar-refractivity contribution in [3.63, 3.8) is 0 Å². The summed E-state index contributed by atoms with van der Waals surface area (Å²) >= 11 is 5.56. The van der Waals surface area contributed by atoms with Crippen molar-refractivity contribution in [1.29, 1.82) is 0 Å². The number of furan rings is 1. The lowest BCUT2D eigenvalue weighted by molar-refractivity contribution is -0.139. The summed E-state index contributed by atoms with van der Waals surface area (Å²) in [5, 5.41) is 10.9. The average Bonchev–Trinajstić information content (AvgIpc) is 2.63. The molecule has 1 rings (SSSR count). The van der Waals surface area contributed by atoms with Gasteiger partial charge in [-0.3, -0.25) is 4.79 Å². The van der Waals surface area contributed by atoms with Crippen LogP contribution in [0.1, 0.15) is 16.8 Å². The molecule has 0 bridgehead atoms. The Morgan fingerprint density at radius 3 is 2.81 bits per heavy atom. The first-order valence-electron chi connectivity index (χ1n) is 4.26. The van der Waals surface area contributed by atoms with Gasteiger partial charge in [0, 0.05) is 6.42 Å². The number of hydrogen-bond acceptors (Lipinski definition) is 3. The molecule has 1 heterocycles. The van der Waals surface area contributed by atoms with Crippen molar-refractivity contribution >= 4 is 23.5 Å². The first kappa shape index (κ1) is 12.1. The molecule has 1 unspecified atom stereocenters. The fourth-order valence-electron chi connectivity index (χ4n) is 1.01. The Kier molecular flexibility index (Phi) is 3.97. The van der Waals surface area contributed by atoms with Crippen LogP contribution in [0.2, 0.25) is 5.22 Å². The number of terminal acetylenes is 1. The monoisotopic (exact) mass is 241 g/mol. The van der Waals surface area contributed by atoms with E-state index in [-0.39, 0.29) is 17.2 Å². The van der Waals surface area contributed by atoms with Crippen molar-refractivity contribution in [2.75, 3.05) is 0 Å². The predicted octanol–water partition coefficient (Wildman–Crippen LogP) is 1.14. The number of carboxylic acid groups (broad SMARTS) is 1. The normalized spacial score (nSPS) is 11.5. The van der Waals surface area contributed by atoms with Crippen LogP contribution in [0, 0.1) is 12.3 Å². The van der Waals surface area contributed by atoms with Gasteiger partial charge in [-0.1, -0.05) is 0 Å². The summed E-state index contributed by atoms with van der Waals surface area (Å²) in [4.78, 5) is 22.2. The third-order valence-corrected chi connectivity index (χ3v) is 2.08. The smallest absolute Gasteiger partial charge is 0.327 e. The van der Waals surface area contributed by atoms with Gasteiger partial charge in [-0.25, -0.2) is 4.79 Å². The lowest BCUT2D eigenvalue weighted by Gasteiger charge is -2.10. The summed E-state index contributed by atoms with van der Waals surface area (Å²) in [6.07, 6.45) is 6.11. The molecule has 0 aliphatic rings. The van der Waals surface area contributed by atoms with E-state index in [2.05, 4.69) is 11.2 Å². The largest absolute Gasteiger partial charge is 0.480 e. The quantitative estimate of drug-likeness (QED) is 0.775. The van der Waals surface area contributed by atoms with Crippen LogP contribution in [0.4, 0.5) is 0 Å². The fourth-order valence-corrected chi connectivity index (χ4v) is 1.21. The molecule has 84 valence electrons. The van der Waals surface area contributed by atoms with Gasteiger partial charge in [0.25, 0.3) is 5.91 Å². The SMILES string of the molecule is C#CCC(NC(=O)c1ccoc1Cl)C(=O)O. The Hall–Kier alpha value is -1.93. The van der Waals surface area contributed by atoms with Gasteiger partial charge < -0.3 is 14.8 Å². The Morgan fingerprint density at radius 2 is 2.38 bits per heavy atom. The topological polar surface area (TPSA) is 79.5 Å². The average molecular weight is 242 g/mol. The van der Waals surface area contributed by atoms with Crippen LogP contribution in [-0.4, -0.2) is 23.0 Å². The second-order valence-corrected chi connectivity index (χ2v) is 3.22. The van der Waals surface area contributed by atoms with Crippen LogP contribution in [-0.2, 0) is 4.79 Å². The molecule has 0 aliphatic heterocycles. The van der Waals surface area contributed by atoms with Crippen molar-refractivity contribution in [3.8, 4) is 12.3 Å². The number of carbonyl (C=O) groups is 2. The Bertz CT molecular complexity index is 446. The molecule has 1 amide bonds. The van der Waals surface area contributed by atoms with Crippen LogP contribution >= 0.6 is 11.6 Å². The van der Waals surface area contributed by atoms with Gasteiger partial charge in [0.15, 0.2) is 0 Å². The third kappa shape index (κ3) is 2.78. The highest BCUT2D eigenvalue weighted by molar-refractivity contribution is 6.32. The van der Waals surface area contributed by atoms with Crippen LogP contribution in [0.5, 0.6) is 0 Å². The van der Waals surface area contributed by atoms with Gasteiger partial charge in [-0.05, 0) is 17.7 Å². The van der Waals surface area contributed by atoms with Crippen molar-refractivity contribution in [2.45, 2.75) is 12.5 Å². The molecule has 0 fully saturated rings. The van der Waals surface area contributed by atoms with Gasteiger partial charge in [0.2, 0.25) is 5.22 Å². The summed E-state index contributed by atoms with van der Waals surface area (Å²) in [6.45, 7) is 0. The molecule has 0 aliphatic carbocycles. The number of nitrogens with one attached hydrogen (secondary N) is 1. The van der Waals surface area contributed by atoms with Crippen LogP contribution < -0.4 is 5.32 Å². The number of carboxylic acids is 1. The zero-order valence-corrected chi connectivity index (χ0v) is 8.82. The van der Waals surface area contributed by atoms with Gasteiger partial charge in [-0.15, -0.1) is 12.3 Å². The van der Waals surface area contributed by atoms with Crippen molar-refractivity contribution in [2.24, 2.45) is 0 Å². The molecule has 0 saturated carbocycles. The van der Waals surface area contributed by atoms with Gasteiger partial charge in [0.1, 0.15) is 6.04 Å². The number of hydrogen-bond donors (Lipinski definition) is 2. The number of rotatable bonds is 4. The van der Waals surface area contributed by atoms with Crippen molar-refractivity contribution in [3.05, 3.63) is 23.1 Å². The van der Waals surface area contributed by atoms with E-state index >= 15 is 0 Å². The molecular formula is C10H8ClNO4. The molecule has 0 saturated heterocycles. The molecule has 1 aromatic rings. The highest BCUT2D eigenvalue weighted by atomic mass is 35.5. The van der Waals surface area contributed by atoms with Crippen molar-refractivity contribution < 1.29 is 19.1 Å². The molecule has 5 nitrogen and oxygen atoms in total. The standard InChI is InChI=1S/C10H8ClNO4/c1-2-3-7(10(14)15)12-9(13)6-4-5-16-8(6)11/h1,4-5,7H,3H2,(H,12,13)(H,14,15). The van der Waals surface area contributed by atoms with Crippen LogP contribution in [0.3, 0.4) is 0 Å². The Labute approximate surface area is 96.4 Å². The Balaban J connectivity index is 2.74. The maximum Gasteiger partial charge on any atom is 0.327 e. The molecule has 1 atom stereocenters. The summed E-state index contributed by atoms with van der Waals surface area (Å²) in [5.41, 5.74) is 0.0740. The molecule has 6 heteroatoms. The van der Waals surface area contributed by atoms with E-state index in [1.165, 1.54) is 12.3 Å². The van der Waals surface area contributed by atoms with E-state index in [1.807, 2.05) is 0 Å². The Morgan fingerprint density at radius 1 is 1.69 bits per heavy atom.